The lowest BCUT2D eigenvalue weighted by Gasteiger charge is -2.05. The number of rotatable bonds is 1. The van der Waals surface area contributed by atoms with E-state index in [1.54, 1.807) is 0 Å². The second-order valence-electron chi connectivity index (χ2n) is 3.36. The van der Waals surface area contributed by atoms with Crippen LogP contribution in [0.4, 0.5) is 4.39 Å². The Kier molecular flexibility index (Phi) is 2.55. The van der Waals surface area contributed by atoms with Crippen LogP contribution in [0.1, 0.15) is 10.5 Å². The van der Waals surface area contributed by atoms with Gasteiger partial charge in [0.15, 0.2) is 11.4 Å². The van der Waals surface area contributed by atoms with Crippen LogP contribution in [0.2, 0.25) is 0 Å². The quantitative estimate of drug-likeness (QED) is 0.729. The van der Waals surface area contributed by atoms with E-state index in [0.29, 0.717) is 0 Å². The van der Waals surface area contributed by atoms with Gasteiger partial charge in [-0.15, -0.1) is 0 Å². The summed E-state index contributed by atoms with van der Waals surface area (Å²) in [6.45, 7) is 0. The maximum absolute atomic E-state index is 13.0. The summed E-state index contributed by atoms with van der Waals surface area (Å²) in [5, 5.41) is 9.82. The van der Waals surface area contributed by atoms with Crippen molar-refractivity contribution >= 4 is 16.7 Å². The lowest BCUT2D eigenvalue weighted by molar-refractivity contribution is 0.0590. The number of benzene rings is 1. The van der Waals surface area contributed by atoms with Crippen molar-refractivity contribution in [3.63, 3.8) is 0 Å². The summed E-state index contributed by atoms with van der Waals surface area (Å²) >= 11 is 0. The van der Waals surface area contributed by atoms with Crippen LogP contribution in [0.3, 0.4) is 0 Å². The zero-order chi connectivity index (χ0) is 12.6. The highest BCUT2D eigenvalue weighted by Gasteiger charge is 2.17. The number of pyridine rings is 1. The molecule has 2 aromatic rings. The molecule has 0 atom stereocenters. The first-order chi connectivity index (χ1) is 8.04. The third kappa shape index (κ3) is 1.73. The fourth-order valence-electron chi connectivity index (χ4n) is 1.53. The molecule has 0 bridgehead atoms. The first-order valence-electron chi connectivity index (χ1n) is 4.67. The molecule has 0 aliphatic rings. The van der Waals surface area contributed by atoms with Crippen LogP contribution in [-0.2, 0) is 4.74 Å². The maximum Gasteiger partial charge on any atom is 0.358 e. The Bertz CT molecular complexity index is 662. The molecule has 0 saturated carbocycles. The molecule has 88 valence electrons. The van der Waals surface area contributed by atoms with Gasteiger partial charge in [-0.2, -0.15) is 0 Å². The summed E-state index contributed by atoms with van der Waals surface area (Å²) in [5.74, 6) is -2.02. The summed E-state index contributed by atoms with van der Waals surface area (Å²) in [6.07, 6.45) is 0. The minimum absolute atomic E-state index is 0.0332. The van der Waals surface area contributed by atoms with E-state index in [4.69, 9.17) is 0 Å². The highest BCUT2D eigenvalue weighted by molar-refractivity contribution is 5.98. The number of carbonyl (C=O) groups is 1. The largest absolute Gasteiger partial charge is 0.505 e. The van der Waals surface area contributed by atoms with Gasteiger partial charge in [0.05, 0.1) is 12.5 Å². The van der Waals surface area contributed by atoms with Gasteiger partial charge < -0.3 is 14.8 Å². The molecule has 0 amide bonds. The fraction of sp³-hybridized carbons (Fsp3) is 0.0909. The van der Waals surface area contributed by atoms with E-state index in [9.17, 15) is 19.1 Å². The van der Waals surface area contributed by atoms with Crippen LogP contribution in [0.15, 0.2) is 23.0 Å². The standard InChI is InChI=1S/C11H8FNO4/c1-17-11(16)8-9(14)7-4-5(12)2-3-6(7)10(15)13-8/h2-4,14H,1H3,(H,13,15). The predicted molar refractivity (Wildman–Crippen MR) is 57.5 cm³/mol. The van der Waals surface area contributed by atoms with Crippen molar-refractivity contribution in [3.8, 4) is 5.75 Å². The summed E-state index contributed by atoms with van der Waals surface area (Å²) < 4.78 is 17.4. The topological polar surface area (TPSA) is 79.4 Å². The van der Waals surface area contributed by atoms with Crippen LogP contribution in [0.5, 0.6) is 5.75 Å². The Labute approximate surface area is 94.5 Å². The second-order valence-corrected chi connectivity index (χ2v) is 3.36. The number of ether oxygens (including phenoxy) is 1. The average molecular weight is 237 g/mol. The zero-order valence-corrected chi connectivity index (χ0v) is 8.78. The molecule has 0 radical (unpaired) electrons. The Balaban J connectivity index is 2.88. The summed E-state index contributed by atoms with van der Waals surface area (Å²) in [7, 11) is 1.11. The number of aromatic amines is 1. The molecule has 1 aromatic heterocycles. The maximum atomic E-state index is 13.0. The highest BCUT2D eigenvalue weighted by Crippen LogP contribution is 2.25. The molecule has 0 unspecified atom stereocenters. The Morgan fingerprint density at radius 3 is 2.76 bits per heavy atom. The molecular weight excluding hydrogens is 229 g/mol. The zero-order valence-electron chi connectivity index (χ0n) is 8.78. The van der Waals surface area contributed by atoms with Crippen LogP contribution in [-0.4, -0.2) is 23.2 Å². The number of H-pyrrole nitrogens is 1. The molecule has 0 aliphatic heterocycles. The van der Waals surface area contributed by atoms with Crippen molar-refractivity contribution in [1.29, 1.82) is 0 Å². The Morgan fingerprint density at radius 2 is 2.12 bits per heavy atom. The number of hydrogen-bond donors (Lipinski definition) is 2. The lowest BCUT2D eigenvalue weighted by Crippen LogP contribution is -2.14. The molecule has 2 N–H and O–H groups in total. The van der Waals surface area contributed by atoms with Gasteiger partial charge in [-0.05, 0) is 18.2 Å². The molecule has 0 fully saturated rings. The monoisotopic (exact) mass is 237 g/mol. The molecule has 1 heterocycles. The molecule has 0 aliphatic carbocycles. The van der Waals surface area contributed by atoms with E-state index in [1.165, 1.54) is 6.07 Å². The van der Waals surface area contributed by atoms with Crippen molar-refractivity contribution in [2.24, 2.45) is 0 Å². The van der Waals surface area contributed by atoms with Crippen LogP contribution >= 0.6 is 0 Å². The molecular formula is C11H8FNO4. The van der Waals surface area contributed by atoms with E-state index in [0.717, 1.165) is 19.2 Å². The third-order valence-electron chi connectivity index (χ3n) is 2.35. The Morgan fingerprint density at radius 1 is 1.41 bits per heavy atom. The van der Waals surface area contributed by atoms with Crippen molar-refractivity contribution in [2.45, 2.75) is 0 Å². The van der Waals surface area contributed by atoms with Crippen LogP contribution < -0.4 is 5.56 Å². The Hall–Kier alpha value is -2.37. The van der Waals surface area contributed by atoms with E-state index >= 15 is 0 Å². The molecule has 5 nitrogen and oxygen atoms in total. The number of nitrogens with one attached hydrogen (secondary N) is 1. The number of carbonyl (C=O) groups excluding carboxylic acids is 1. The number of aromatic nitrogens is 1. The van der Waals surface area contributed by atoms with E-state index in [-0.39, 0.29) is 10.8 Å². The number of aromatic hydroxyl groups is 1. The normalized spacial score (nSPS) is 10.5. The summed E-state index contributed by atoms with van der Waals surface area (Å²) in [6, 6.07) is 3.30. The van der Waals surface area contributed by atoms with Crippen LogP contribution in [0.25, 0.3) is 10.8 Å². The van der Waals surface area contributed by atoms with Gasteiger partial charge in [0.1, 0.15) is 5.82 Å². The third-order valence-corrected chi connectivity index (χ3v) is 2.35. The van der Waals surface area contributed by atoms with Crippen molar-refractivity contribution in [1.82, 2.24) is 4.98 Å². The summed E-state index contributed by atoms with van der Waals surface area (Å²) in [4.78, 5) is 25.0. The average Bonchev–Trinajstić information content (AvgIpc) is 2.32. The lowest BCUT2D eigenvalue weighted by atomic mass is 10.1. The molecule has 0 saturated heterocycles. The first kappa shape index (κ1) is 11.1. The number of methoxy groups -OCH3 is 1. The van der Waals surface area contributed by atoms with Gasteiger partial charge in [-0.1, -0.05) is 0 Å². The summed E-state index contributed by atoms with van der Waals surface area (Å²) in [5.41, 5.74) is -0.992. The minimum atomic E-state index is -0.897. The molecule has 6 heteroatoms. The van der Waals surface area contributed by atoms with Gasteiger partial charge in [-0.3, -0.25) is 4.79 Å². The second kappa shape index (κ2) is 3.89. The molecule has 2 rings (SSSR count). The van der Waals surface area contributed by atoms with Crippen LogP contribution in [0, 0.1) is 5.82 Å². The number of halogens is 1. The smallest absolute Gasteiger partial charge is 0.358 e. The van der Waals surface area contributed by atoms with E-state index in [1.807, 2.05) is 0 Å². The predicted octanol–water partition coefficient (Wildman–Crippen LogP) is 1.16. The van der Waals surface area contributed by atoms with Crippen molar-refractivity contribution in [2.75, 3.05) is 7.11 Å². The number of fused-ring (bicyclic) bond motifs is 1. The van der Waals surface area contributed by atoms with Crippen molar-refractivity contribution < 1.29 is 19.0 Å². The molecule has 17 heavy (non-hydrogen) atoms. The number of hydrogen-bond acceptors (Lipinski definition) is 4. The highest BCUT2D eigenvalue weighted by atomic mass is 19.1. The first-order valence-corrected chi connectivity index (χ1v) is 4.67. The van der Waals surface area contributed by atoms with Gasteiger partial charge in [-0.25, -0.2) is 9.18 Å². The van der Waals surface area contributed by atoms with E-state index in [2.05, 4.69) is 9.72 Å². The minimum Gasteiger partial charge on any atom is -0.505 e. The van der Waals surface area contributed by atoms with Gasteiger partial charge in [0, 0.05) is 5.39 Å². The molecule has 0 spiro atoms. The fourth-order valence-corrected chi connectivity index (χ4v) is 1.53. The molecule has 1 aromatic carbocycles. The number of esters is 1. The van der Waals surface area contributed by atoms with Gasteiger partial charge in [0.25, 0.3) is 5.56 Å². The van der Waals surface area contributed by atoms with Crippen molar-refractivity contribution in [3.05, 3.63) is 40.1 Å². The van der Waals surface area contributed by atoms with Gasteiger partial charge >= 0.3 is 5.97 Å². The van der Waals surface area contributed by atoms with E-state index < -0.39 is 28.8 Å². The SMILES string of the molecule is COC(=O)c1[nH]c(=O)c2ccc(F)cc2c1O. The van der Waals surface area contributed by atoms with Gasteiger partial charge in [0.2, 0.25) is 0 Å².